The summed E-state index contributed by atoms with van der Waals surface area (Å²) < 4.78 is 12.7. The average Bonchev–Trinajstić information content (AvgIpc) is 2.39. The maximum absolute atomic E-state index is 12.7. The summed E-state index contributed by atoms with van der Waals surface area (Å²) in [5.74, 6) is -0.623. The van der Waals surface area contributed by atoms with E-state index in [2.05, 4.69) is 23.7 Å². The van der Waals surface area contributed by atoms with E-state index in [4.69, 9.17) is 0 Å². The Morgan fingerprint density at radius 2 is 1.94 bits per heavy atom. The maximum Gasteiger partial charge on any atom is 0.255 e. The number of piperazine rings is 1. The van der Waals surface area contributed by atoms with Gasteiger partial charge in [0, 0.05) is 38.4 Å². The molecule has 0 unspecified atom stereocenters. The third kappa shape index (κ3) is 2.85. The molecular formula is C13H18FN3O. The third-order valence-corrected chi connectivity index (χ3v) is 3.31. The summed E-state index contributed by atoms with van der Waals surface area (Å²) >= 11 is 0. The van der Waals surface area contributed by atoms with Crippen molar-refractivity contribution in [3.63, 3.8) is 0 Å². The molecular weight excluding hydrogens is 233 g/mol. The van der Waals surface area contributed by atoms with Crippen LogP contribution in [0.2, 0.25) is 0 Å². The Morgan fingerprint density at radius 3 is 2.44 bits per heavy atom. The first kappa shape index (κ1) is 13.0. The van der Waals surface area contributed by atoms with Crippen LogP contribution < -0.4 is 0 Å². The normalized spacial score (nSPS) is 17.2. The first-order valence-electron chi connectivity index (χ1n) is 6.23. The second-order valence-corrected chi connectivity index (χ2v) is 4.79. The molecule has 2 heterocycles. The van der Waals surface area contributed by atoms with Crippen LogP contribution in [0.25, 0.3) is 0 Å². The van der Waals surface area contributed by atoms with Gasteiger partial charge in [-0.25, -0.2) is 4.98 Å². The van der Waals surface area contributed by atoms with Crippen molar-refractivity contribution in [3.05, 3.63) is 29.8 Å². The standard InChI is InChI=1S/C13H18FN3O/c1-10(2)16-5-7-17(8-6-16)13(18)11-3-4-12(14)15-9-11/h3-4,9-10H,5-8H2,1-2H3. The van der Waals surface area contributed by atoms with E-state index >= 15 is 0 Å². The van der Waals surface area contributed by atoms with Crippen LogP contribution in [0.3, 0.4) is 0 Å². The molecule has 2 rings (SSSR count). The molecule has 1 aliphatic rings. The van der Waals surface area contributed by atoms with Crippen molar-refractivity contribution in [2.24, 2.45) is 0 Å². The zero-order valence-electron chi connectivity index (χ0n) is 10.8. The Kier molecular flexibility index (Phi) is 3.91. The van der Waals surface area contributed by atoms with Crippen LogP contribution in [-0.4, -0.2) is 52.9 Å². The number of pyridine rings is 1. The summed E-state index contributed by atoms with van der Waals surface area (Å²) in [4.78, 5) is 19.8. The molecule has 98 valence electrons. The average molecular weight is 251 g/mol. The lowest BCUT2D eigenvalue weighted by Gasteiger charge is -2.36. The Hall–Kier alpha value is -1.49. The van der Waals surface area contributed by atoms with Crippen LogP contribution in [0.1, 0.15) is 24.2 Å². The fourth-order valence-corrected chi connectivity index (χ4v) is 2.13. The Morgan fingerprint density at radius 1 is 1.28 bits per heavy atom. The predicted molar refractivity (Wildman–Crippen MR) is 66.8 cm³/mol. The van der Waals surface area contributed by atoms with E-state index in [1.807, 2.05) is 0 Å². The quantitative estimate of drug-likeness (QED) is 0.745. The highest BCUT2D eigenvalue weighted by molar-refractivity contribution is 5.93. The lowest BCUT2D eigenvalue weighted by Crippen LogP contribution is -2.50. The zero-order valence-corrected chi connectivity index (χ0v) is 10.8. The van der Waals surface area contributed by atoms with Gasteiger partial charge in [-0.05, 0) is 26.0 Å². The first-order valence-corrected chi connectivity index (χ1v) is 6.23. The van der Waals surface area contributed by atoms with Crippen molar-refractivity contribution in [2.75, 3.05) is 26.2 Å². The molecule has 0 spiro atoms. The van der Waals surface area contributed by atoms with Gasteiger partial charge in [0.15, 0.2) is 0 Å². The minimum Gasteiger partial charge on any atom is -0.336 e. The van der Waals surface area contributed by atoms with Gasteiger partial charge < -0.3 is 4.90 Å². The number of hydrogen-bond acceptors (Lipinski definition) is 3. The molecule has 4 nitrogen and oxygen atoms in total. The number of rotatable bonds is 2. The highest BCUT2D eigenvalue weighted by Gasteiger charge is 2.23. The van der Waals surface area contributed by atoms with Crippen LogP contribution in [0.15, 0.2) is 18.3 Å². The minimum absolute atomic E-state index is 0.0640. The van der Waals surface area contributed by atoms with Gasteiger partial charge in [-0.2, -0.15) is 4.39 Å². The number of nitrogens with zero attached hydrogens (tertiary/aromatic N) is 3. The van der Waals surface area contributed by atoms with E-state index < -0.39 is 5.95 Å². The second-order valence-electron chi connectivity index (χ2n) is 4.79. The molecule has 0 atom stereocenters. The van der Waals surface area contributed by atoms with Gasteiger partial charge in [-0.3, -0.25) is 9.69 Å². The summed E-state index contributed by atoms with van der Waals surface area (Å²) in [6.45, 7) is 7.52. The zero-order chi connectivity index (χ0) is 13.1. The van der Waals surface area contributed by atoms with Crippen molar-refractivity contribution in [2.45, 2.75) is 19.9 Å². The van der Waals surface area contributed by atoms with Gasteiger partial charge in [-0.1, -0.05) is 0 Å². The summed E-state index contributed by atoms with van der Waals surface area (Å²) in [5.41, 5.74) is 0.453. The van der Waals surface area contributed by atoms with Crippen LogP contribution in [0.4, 0.5) is 4.39 Å². The Balaban J connectivity index is 1.97. The first-order chi connectivity index (χ1) is 8.58. The van der Waals surface area contributed by atoms with E-state index in [1.165, 1.54) is 18.3 Å². The molecule has 0 aliphatic carbocycles. The molecule has 18 heavy (non-hydrogen) atoms. The van der Waals surface area contributed by atoms with Crippen LogP contribution >= 0.6 is 0 Å². The highest BCUT2D eigenvalue weighted by atomic mass is 19.1. The van der Waals surface area contributed by atoms with E-state index in [-0.39, 0.29) is 5.91 Å². The molecule has 1 aromatic heterocycles. The van der Waals surface area contributed by atoms with Gasteiger partial charge in [0.1, 0.15) is 0 Å². The van der Waals surface area contributed by atoms with Gasteiger partial charge in [0.05, 0.1) is 5.56 Å². The molecule has 1 amide bonds. The number of carbonyl (C=O) groups is 1. The fraction of sp³-hybridized carbons (Fsp3) is 0.538. The number of aromatic nitrogens is 1. The van der Waals surface area contributed by atoms with E-state index in [9.17, 15) is 9.18 Å². The number of halogens is 1. The summed E-state index contributed by atoms with van der Waals surface area (Å²) in [6, 6.07) is 3.21. The Labute approximate surface area is 106 Å². The lowest BCUT2D eigenvalue weighted by atomic mass is 10.2. The SMILES string of the molecule is CC(C)N1CCN(C(=O)c2ccc(F)nc2)CC1. The number of carbonyl (C=O) groups excluding carboxylic acids is 1. The number of amides is 1. The molecule has 1 saturated heterocycles. The number of hydrogen-bond donors (Lipinski definition) is 0. The van der Waals surface area contributed by atoms with Gasteiger partial charge in [0.2, 0.25) is 5.95 Å². The van der Waals surface area contributed by atoms with Crippen LogP contribution in [0, 0.1) is 5.95 Å². The molecule has 0 aromatic carbocycles. The van der Waals surface area contributed by atoms with Crippen molar-refractivity contribution in [1.82, 2.24) is 14.8 Å². The second kappa shape index (κ2) is 5.44. The summed E-state index contributed by atoms with van der Waals surface area (Å²) in [7, 11) is 0. The van der Waals surface area contributed by atoms with E-state index in [0.717, 1.165) is 13.1 Å². The fourth-order valence-electron chi connectivity index (χ4n) is 2.13. The smallest absolute Gasteiger partial charge is 0.255 e. The molecule has 1 fully saturated rings. The topological polar surface area (TPSA) is 36.4 Å². The highest BCUT2D eigenvalue weighted by Crippen LogP contribution is 2.10. The van der Waals surface area contributed by atoms with Gasteiger partial charge in [0.25, 0.3) is 5.91 Å². The third-order valence-electron chi connectivity index (χ3n) is 3.31. The maximum atomic E-state index is 12.7. The van der Waals surface area contributed by atoms with Crippen molar-refractivity contribution in [1.29, 1.82) is 0 Å². The van der Waals surface area contributed by atoms with E-state index in [1.54, 1.807) is 4.90 Å². The van der Waals surface area contributed by atoms with Crippen molar-refractivity contribution in [3.8, 4) is 0 Å². The molecule has 5 heteroatoms. The van der Waals surface area contributed by atoms with Crippen LogP contribution in [0.5, 0.6) is 0 Å². The minimum atomic E-state index is -0.559. The van der Waals surface area contributed by atoms with Gasteiger partial charge in [-0.15, -0.1) is 0 Å². The van der Waals surface area contributed by atoms with Crippen molar-refractivity contribution < 1.29 is 9.18 Å². The van der Waals surface area contributed by atoms with Crippen molar-refractivity contribution >= 4 is 5.91 Å². The molecule has 1 aliphatic heterocycles. The Bertz CT molecular complexity index is 411. The van der Waals surface area contributed by atoms with Crippen LogP contribution in [-0.2, 0) is 0 Å². The summed E-state index contributed by atoms with van der Waals surface area (Å²) in [5, 5.41) is 0. The monoisotopic (exact) mass is 251 g/mol. The lowest BCUT2D eigenvalue weighted by molar-refractivity contribution is 0.0595. The predicted octanol–water partition coefficient (Wildman–Crippen LogP) is 1.39. The molecule has 0 bridgehead atoms. The van der Waals surface area contributed by atoms with E-state index in [0.29, 0.717) is 24.7 Å². The molecule has 0 saturated carbocycles. The molecule has 0 radical (unpaired) electrons. The largest absolute Gasteiger partial charge is 0.336 e. The molecule has 0 N–H and O–H groups in total. The molecule has 1 aromatic rings. The summed E-state index contributed by atoms with van der Waals surface area (Å²) in [6.07, 6.45) is 1.30. The van der Waals surface area contributed by atoms with Gasteiger partial charge >= 0.3 is 0 Å².